The van der Waals surface area contributed by atoms with E-state index in [1.54, 1.807) is 0 Å². The second-order valence-corrected chi connectivity index (χ2v) is 3.96. The smallest absolute Gasteiger partial charge is 0.330 e. The summed E-state index contributed by atoms with van der Waals surface area (Å²) in [6.07, 6.45) is 3.90. The van der Waals surface area contributed by atoms with E-state index < -0.39 is 42.4 Å². The minimum absolute atomic E-state index is 0.433. The van der Waals surface area contributed by atoms with Gasteiger partial charge < -0.3 is 19.7 Å². The lowest BCUT2D eigenvalue weighted by atomic mass is 10.1. The molecule has 0 saturated carbocycles. The Balaban J connectivity index is 2.34. The molecule has 1 aliphatic rings. The van der Waals surface area contributed by atoms with Gasteiger partial charge in [0.05, 0.1) is 6.61 Å². The van der Waals surface area contributed by atoms with Crippen LogP contribution in [0.25, 0.3) is 0 Å². The first-order chi connectivity index (χ1) is 9.08. The molecule has 2 unspecified atom stereocenters. The highest BCUT2D eigenvalue weighted by Gasteiger charge is 2.46. The number of nitrogens with zero attached hydrogens (tertiary/aromatic N) is 1. The zero-order valence-corrected chi connectivity index (χ0v) is 9.72. The van der Waals surface area contributed by atoms with Crippen molar-refractivity contribution in [2.45, 2.75) is 24.5 Å². The number of hydrogen-bond donors (Lipinski definition) is 3. The van der Waals surface area contributed by atoms with Crippen LogP contribution in [0.4, 0.5) is 0 Å². The highest BCUT2D eigenvalue weighted by molar-refractivity contribution is 4.95. The van der Waals surface area contributed by atoms with Gasteiger partial charge in [-0.15, -0.1) is 0 Å². The summed E-state index contributed by atoms with van der Waals surface area (Å²) >= 11 is 0. The molecule has 1 aromatic rings. The van der Waals surface area contributed by atoms with Crippen LogP contribution in [0, 0.1) is 12.5 Å². The molecule has 0 amide bonds. The molecule has 0 radical (unpaired) electrons. The predicted octanol–water partition coefficient (Wildman–Crippen LogP) is -2.24. The lowest BCUT2D eigenvalue weighted by Crippen LogP contribution is -2.38. The highest BCUT2D eigenvalue weighted by atomic mass is 16.6. The van der Waals surface area contributed by atoms with Crippen molar-refractivity contribution in [1.82, 2.24) is 9.55 Å². The Morgan fingerprint density at radius 1 is 1.58 bits per heavy atom. The minimum atomic E-state index is -1.25. The maximum Gasteiger partial charge on any atom is 0.330 e. The van der Waals surface area contributed by atoms with Crippen molar-refractivity contribution in [3.8, 4) is 12.5 Å². The van der Waals surface area contributed by atoms with Gasteiger partial charge in [0, 0.05) is 12.3 Å². The van der Waals surface area contributed by atoms with Crippen LogP contribution in [-0.4, -0.2) is 44.7 Å². The Bertz CT molecular complexity index is 600. The van der Waals surface area contributed by atoms with Crippen LogP contribution in [0.1, 0.15) is 6.23 Å². The fourth-order valence-electron chi connectivity index (χ4n) is 1.95. The molecule has 102 valence electrons. The second-order valence-electron chi connectivity index (χ2n) is 3.96. The Hall–Kier alpha value is -2.08. The van der Waals surface area contributed by atoms with Crippen LogP contribution in [-0.2, 0) is 9.47 Å². The molecule has 0 spiro atoms. The van der Waals surface area contributed by atoms with Crippen LogP contribution in [0.15, 0.2) is 21.9 Å². The normalized spacial score (nSPS) is 29.9. The Morgan fingerprint density at radius 2 is 2.32 bits per heavy atom. The average Bonchev–Trinajstić information content (AvgIpc) is 2.68. The fourth-order valence-corrected chi connectivity index (χ4v) is 1.95. The zero-order chi connectivity index (χ0) is 14.0. The fraction of sp³-hybridized carbons (Fsp3) is 0.455. The van der Waals surface area contributed by atoms with E-state index in [0.29, 0.717) is 0 Å². The largest absolute Gasteiger partial charge is 0.438 e. The predicted molar refractivity (Wildman–Crippen MR) is 62.0 cm³/mol. The number of rotatable bonds is 3. The molecule has 3 N–H and O–H groups in total. The van der Waals surface area contributed by atoms with Gasteiger partial charge in [0.15, 0.2) is 12.3 Å². The Kier molecular flexibility index (Phi) is 3.71. The third-order valence-electron chi connectivity index (χ3n) is 2.82. The third kappa shape index (κ3) is 2.39. The molecule has 1 fully saturated rings. The molecule has 2 rings (SSSR count). The minimum Gasteiger partial charge on any atom is -0.438 e. The lowest BCUT2D eigenvalue weighted by molar-refractivity contribution is -0.0550. The zero-order valence-electron chi connectivity index (χ0n) is 9.72. The van der Waals surface area contributed by atoms with Crippen molar-refractivity contribution in [3.63, 3.8) is 0 Å². The number of aliphatic hydroxyl groups excluding tert-OH is 2. The van der Waals surface area contributed by atoms with Crippen LogP contribution >= 0.6 is 0 Å². The standard InChI is InChI=1S/C11H12N2O6/c1-2-18-9-6(5-14)19-10(8(9)16)13-4-3-7(15)12-11(13)17/h1,3-4,6,8-10,14,16H,5H2,(H,12,15,17)/t6-,8?,9?,10-/m0/s1. The van der Waals surface area contributed by atoms with Gasteiger partial charge in [0.1, 0.15) is 18.3 Å². The summed E-state index contributed by atoms with van der Waals surface area (Å²) in [6.45, 7) is -0.433. The van der Waals surface area contributed by atoms with Gasteiger partial charge in [-0.2, -0.15) is 0 Å². The molecular weight excluding hydrogens is 256 g/mol. The third-order valence-corrected chi connectivity index (χ3v) is 2.82. The molecule has 1 aromatic heterocycles. The summed E-state index contributed by atoms with van der Waals surface area (Å²) in [5.41, 5.74) is -1.31. The van der Waals surface area contributed by atoms with E-state index in [9.17, 15) is 14.7 Å². The van der Waals surface area contributed by atoms with Crippen LogP contribution < -0.4 is 11.2 Å². The first kappa shape index (κ1) is 13.4. The lowest BCUT2D eigenvalue weighted by Gasteiger charge is -2.17. The maximum absolute atomic E-state index is 11.6. The second kappa shape index (κ2) is 5.27. The molecule has 1 saturated heterocycles. The number of aromatic amines is 1. The molecule has 0 bridgehead atoms. The van der Waals surface area contributed by atoms with Gasteiger partial charge in [-0.05, 0) is 0 Å². The monoisotopic (exact) mass is 268 g/mol. The molecule has 0 aliphatic carbocycles. The van der Waals surface area contributed by atoms with E-state index >= 15 is 0 Å². The van der Waals surface area contributed by atoms with Crippen molar-refractivity contribution in [3.05, 3.63) is 33.1 Å². The van der Waals surface area contributed by atoms with Crippen LogP contribution in [0.2, 0.25) is 0 Å². The van der Waals surface area contributed by atoms with E-state index in [-0.39, 0.29) is 0 Å². The van der Waals surface area contributed by atoms with Gasteiger partial charge in [-0.3, -0.25) is 14.3 Å². The molecule has 1 aliphatic heterocycles. The summed E-state index contributed by atoms with van der Waals surface area (Å²) < 4.78 is 11.1. The topological polar surface area (TPSA) is 114 Å². The van der Waals surface area contributed by atoms with E-state index in [0.717, 1.165) is 10.6 Å². The van der Waals surface area contributed by atoms with Crippen LogP contribution in [0.5, 0.6) is 0 Å². The first-order valence-electron chi connectivity index (χ1n) is 5.45. The van der Waals surface area contributed by atoms with Crippen molar-refractivity contribution in [2.75, 3.05) is 6.61 Å². The number of nitrogens with one attached hydrogen (secondary N) is 1. The summed E-state index contributed by atoms with van der Waals surface area (Å²) in [4.78, 5) is 24.6. The van der Waals surface area contributed by atoms with Crippen molar-refractivity contribution in [2.24, 2.45) is 0 Å². The Morgan fingerprint density at radius 3 is 2.89 bits per heavy atom. The summed E-state index contributed by atoms with van der Waals surface area (Å²) in [7, 11) is 0. The van der Waals surface area contributed by atoms with Crippen LogP contribution in [0.3, 0.4) is 0 Å². The molecule has 4 atom stereocenters. The molecular formula is C11H12N2O6. The van der Waals surface area contributed by atoms with Crippen molar-refractivity contribution in [1.29, 1.82) is 0 Å². The van der Waals surface area contributed by atoms with Gasteiger partial charge in [0.2, 0.25) is 0 Å². The summed E-state index contributed by atoms with van der Waals surface area (Å²) in [6, 6.07) is 1.11. The molecule has 8 nitrogen and oxygen atoms in total. The van der Waals surface area contributed by atoms with E-state index in [1.807, 2.05) is 11.1 Å². The maximum atomic E-state index is 11.6. The summed E-state index contributed by atoms with van der Waals surface area (Å²) in [5.74, 6) is 0. The molecule has 8 heteroatoms. The highest BCUT2D eigenvalue weighted by Crippen LogP contribution is 2.29. The van der Waals surface area contributed by atoms with E-state index in [1.165, 1.54) is 6.20 Å². The average molecular weight is 268 g/mol. The van der Waals surface area contributed by atoms with Crippen molar-refractivity contribution < 1.29 is 19.7 Å². The number of aliphatic hydroxyl groups is 2. The van der Waals surface area contributed by atoms with Gasteiger partial charge in [0.25, 0.3) is 5.56 Å². The number of aromatic nitrogens is 2. The number of hydrogen-bond acceptors (Lipinski definition) is 6. The van der Waals surface area contributed by atoms with Crippen molar-refractivity contribution >= 4 is 0 Å². The summed E-state index contributed by atoms with van der Waals surface area (Å²) in [5, 5.41) is 19.1. The molecule has 0 aromatic carbocycles. The quantitative estimate of drug-likeness (QED) is 0.534. The molecule has 19 heavy (non-hydrogen) atoms. The molecule has 2 heterocycles. The van der Waals surface area contributed by atoms with E-state index in [2.05, 4.69) is 0 Å². The number of H-pyrrole nitrogens is 1. The van der Waals surface area contributed by atoms with Gasteiger partial charge in [-0.25, -0.2) is 4.79 Å². The van der Waals surface area contributed by atoms with Gasteiger partial charge in [-0.1, -0.05) is 6.42 Å². The number of ether oxygens (including phenoxy) is 2. The first-order valence-corrected chi connectivity index (χ1v) is 5.45. The Labute approximate surface area is 107 Å². The number of terminal acetylenes is 1. The SMILES string of the molecule is C#COC1C(O)[C@@H](n2ccc(=O)[nH]c2=O)O[C@H]1CO. The van der Waals surface area contributed by atoms with Gasteiger partial charge >= 0.3 is 5.69 Å². The van der Waals surface area contributed by atoms with E-state index in [4.69, 9.17) is 21.0 Å².